The molecule has 0 bridgehead atoms. The molecule has 18 heavy (non-hydrogen) atoms. The summed E-state index contributed by atoms with van der Waals surface area (Å²) >= 11 is 0. The molecule has 1 saturated heterocycles. The molecule has 0 amide bonds. The van der Waals surface area contributed by atoms with Crippen LogP contribution in [0.25, 0.3) is 0 Å². The predicted molar refractivity (Wildman–Crippen MR) is 65.3 cm³/mol. The van der Waals surface area contributed by atoms with Crippen molar-refractivity contribution in [3.05, 3.63) is 29.3 Å². The first-order valence-electron chi connectivity index (χ1n) is 6.03. The van der Waals surface area contributed by atoms with E-state index in [1.807, 2.05) is 7.05 Å². The van der Waals surface area contributed by atoms with Gasteiger partial charge >= 0.3 is 6.18 Å². The molecule has 0 aromatic heterocycles. The lowest BCUT2D eigenvalue weighted by Crippen LogP contribution is -2.31. The molecule has 1 fully saturated rings. The Morgan fingerprint density at radius 2 is 2.06 bits per heavy atom. The summed E-state index contributed by atoms with van der Waals surface area (Å²) in [4.78, 5) is 2.19. The number of halogens is 3. The van der Waals surface area contributed by atoms with Gasteiger partial charge in [0.05, 0.1) is 5.56 Å². The molecule has 1 unspecified atom stereocenters. The monoisotopic (exact) mass is 258 g/mol. The molecule has 1 aromatic rings. The molecule has 1 heterocycles. The molecule has 100 valence electrons. The van der Waals surface area contributed by atoms with Crippen LogP contribution in [0.1, 0.15) is 29.9 Å². The topological polar surface area (TPSA) is 29.3 Å². The molecule has 0 radical (unpaired) electrons. The molecule has 2 rings (SSSR count). The summed E-state index contributed by atoms with van der Waals surface area (Å²) in [5.74, 6) is 0.242. The SMILES string of the molecule is CN1CCCC(c2ccc(C(F)(F)F)cc2N)C1. The number of rotatable bonds is 1. The van der Waals surface area contributed by atoms with Crippen molar-refractivity contribution in [2.24, 2.45) is 0 Å². The van der Waals surface area contributed by atoms with E-state index >= 15 is 0 Å². The van der Waals surface area contributed by atoms with Gasteiger partial charge in [0.2, 0.25) is 0 Å². The number of hydrogen-bond donors (Lipinski definition) is 1. The second kappa shape index (κ2) is 4.80. The van der Waals surface area contributed by atoms with Crippen LogP contribution < -0.4 is 5.73 Å². The number of nitrogen functional groups attached to an aromatic ring is 1. The van der Waals surface area contributed by atoms with E-state index in [0.717, 1.165) is 43.6 Å². The average molecular weight is 258 g/mol. The molecule has 1 atom stereocenters. The first-order chi connectivity index (χ1) is 8.38. The number of piperidine rings is 1. The number of likely N-dealkylation sites (N-methyl/N-ethyl adjacent to an activating group) is 1. The van der Waals surface area contributed by atoms with Gasteiger partial charge in [0.15, 0.2) is 0 Å². The lowest BCUT2D eigenvalue weighted by molar-refractivity contribution is -0.137. The molecule has 0 saturated carbocycles. The lowest BCUT2D eigenvalue weighted by atomic mass is 9.89. The maximum absolute atomic E-state index is 12.5. The predicted octanol–water partition coefficient (Wildman–Crippen LogP) is 3.10. The maximum Gasteiger partial charge on any atom is 0.416 e. The molecule has 2 N–H and O–H groups in total. The van der Waals surface area contributed by atoms with Crippen molar-refractivity contribution in [3.8, 4) is 0 Å². The highest BCUT2D eigenvalue weighted by Gasteiger charge is 2.31. The molecule has 0 aliphatic carbocycles. The van der Waals surface area contributed by atoms with Gasteiger partial charge in [-0.05, 0) is 50.0 Å². The third-order valence-electron chi connectivity index (χ3n) is 3.48. The minimum absolute atomic E-state index is 0.242. The highest BCUT2D eigenvalue weighted by atomic mass is 19.4. The number of anilines is 1. The summed E-state index contributed by atoms with van der Waals surface area (Å²) in [5, 5.41) is 0. The largest absolute Gasteiger partial charge is 0.416 e. The molecule has 0 spiro atoms. The first kappa shape index (κ1) is 13.2. The van der Waals surface area contributed by atoms with E-state index in [1.54, 1.807) is 0 Å². The third-order valence-corrected chi connectivity index (χ3v) is 3.48. The van der Waals surface area contributed by atoms with Gasteiger partial charge < -0.3 is 10.6 Å². The van der Waals surface area contributed by atoms with Crippen LogP contribution in [0.3, 0.4) is 0 Å². The maximum atomic E-state index is 12.5. The quantitative estimate of drug-likeness (QED) is 0.784. The molecule has 1 aliphatic heterocycles. The fourth-order valence-electron chi connectivity index (χ4n) is 2.54. The van der Waals surface area contributed by atoms with Gasteiger partial charge in [0.25, 0.3) is 0 Å². The van der Waals surface area contributed by atoms with E-state index in [9.17, 15) is 13.2 Å². The fraction of sp³-hybridized carbons (Fsp3) is 0.538. The summed E-state index contributed by atoms with van der Waals surface area (Å²) < 4.78 is 37.6. The Morgan fingerprint density at radius 3 is 2.61 bits per heavy atom. The summed E-state index contributed by atoms with van der Waals surface area (Å²) in [5.41, 5.74) is 6.20. The molecule has 1 aliphatic rings. The third kappa shape index (κ3) is 2.77. The van der Waals surface area contributed by atoms with Crippen molar-refractivity contribution < 1.29 is 13.2 Å². The molecule has 2 nitrogen and oxygen atoms in total. The van der Waals surface area contributed by atoms with Gasteiger partial charge in [-0.25, -0.2) is 0 Å². The van der Waals surface area contributed by atoms with Crippen molar-refractivity contribution in [1.82, 2.24) is 4.90 Å². The van der Waals surface area contributed by atoms with Crippen LogP contribution in [0.15, 0.2) is 18.2 Å². The average Bonchev–Trinajstić information content (AvgIpc) is 2.27. The van der Waals surface area contributed by atoms with Crippen LogP contribution in [0.2, 0.25) is 0 Å². The molecule has 1 aromatic carbocycles. The Hall–Kier alpha value is -1.23. The van der Waals surface area contributed by atoms with Gasteiger partial charge in [-0.3, -0.25) is 0 Å². The Bertz CT molecular complexity index is 429. The Labute approximate surface area is 105 Å². The second-order valence-electron chi connectivity index (χ2n) is 4.94. The standard InChI is InChI=1S/C13H17F3N2/c1-18-6-2-3-9(8-18)11-5-4-10(7-12(11)17)13(14,15)16/h4-5,7,9H,2-3,6,8,17H2,1H3. The Morgan fingerprint density at radius 1 is 1.33 bits per heavy atom. The minimum atomic E-state index is -4.32. The van der Waals surface area contributed by atoms with Crippen LogP contribution in [-0.4, -0.2) is 25.0 Å². The van der Waals surface area contributed by atoms with Crippen molar-refractivity contribution in [2.45, 2.75) is 24.9 Å². The molecular weight excluding hydrogens is 241 g/mol. The minimum Gasteiger partial charge on any atom is -0.398 e. The van der Waals surface area contributed by atoms with Gasteiger partial charge in [-0.15, -0.1) is 0 Å². The van der Waals surface area contributed by atoms with E-state index < -0.39 is 11.7 Å². The molecule has 5 heteroatoms. The Balaban J connectivity index is 2.24. The highest BCUT2D eigenvalue weighted by molar-refractivity contribution is 5.51. The first-order valence-corrected chi connectivity index (χ1v) is 6.03. The van der Waals surface area contributed by atoms with Crippen LogP contribution in [0, 0.1) is 0 Å². The smallest absolute Gasteiger partial charge is 0.398 e. The zero-order valence-corrected chi connectivity index (χ0v) is 10.3. The molecular formula is C13H17F3N2. The second-order valence-corrected chi connectivity index (χ2v) is 4.94. The number of nitrogens with zero attached hydrogens (tertiary/aromatic N) is 1. The van der Waals surface area contributed by atoms with Gasteiger partial charge in [0, 0.05) is 12.2 Å². The van der Waals surface area contributed by atoms with Gasteiger partial charge in [0.1, 0.15) is 0 Å². The van der Waals surface area contributed by atoms with E-state index in [4.69, 9.17) is 5.73 Å². The zero-order valence-electron chi connectivity index (χ0n) is 10.3. The number of hydrogen-bond acceptors (Lipinski definition) is 2. The van der Waals surface area contributed by atoms with Crippen LogP contribution >= 0.6 is 0 Å². The van der Waals surface area contributed by atoms with Crippen molar-refractivity contribution >= 4 is 5.69 Å². The van der Waals surface area contributed by atoms with Crippen molar-refractivity contribution in [2.75, 3.05) is 25.9 Å². The summed E-state index contributed by atoms with van der Waals surface area (Å²) in [7, 11) is 2.02. The van der Waals surface area contributed by atoms with Crippen molar-refractivity contribution in [1.29, 1.82) is 0 Å². The summed E-state index contributed by atoms with van der Waals surface area (Å²) in [6.07, 6.45) is -2.28. The van der Waals surface area contributed by atoms with Crippen LogP contribution in [0.4, 0.5) is 18.9 Å². The van der Waals surface area contributed by atoms with Crippen LogP contribution in [-0.2, 0) is 6.18 Å². The number of benzene rings is 1. The van der Waals surface area contributed by atoms with E-state index in [0.29, 0.717) is 0 Å². The Kier molecular flexibility index (Phi) is 3.52. The van der Waals surface area contributed by atoms with E-state index in [-0.39, 0.29) is 11.6 Å². The fourth-order valence-corrected chi connectivity index (χ4v) is 2.54. The summed E-state index contributed by atoms with van der Waals surface area (Å²) in [6, 6.07) is 3.70. The normalized spacial score (nSPS) is 22.1. The number of nitrogens with two attached hydrogens (primary N) is 1. The summed E-state index contributed by atoms with van der Waals surface area (Å²) in [6.45, 7) is 1.90. The van der Waals surface area contributed by atoms with E-state index in [1.165, 1.54) is 6.07 Å². The zero-order chi connectivity index (χ0) is 13.3. The number of likely N-dealkylation sites (tertiary alicyclic amines) is 1. The van der Waals surface area contributed by atoms with E-state index in [2.05, 4.69) is 4.90 Å². The van der Waals surface area contributed by atoms with Gasteiger partial charge in [-0.2, -0.15) is 13.2 Å². The lowest BCUT2D eigenvalue weighted by Gasteiger charge is -2.30. The highest BCUT2D eigenvalue weighted by Crippen LogP contribution is 2.35. The van der Waals surface area contributed by atoms with Crippen LogP contribution in [0.5, 0.6) is 0 Å². The van der Waals surface area contributed by atoms with Gasteiger partial charge in [-0.1, -0.05) is 6.07 Å². The number of alkyl halides is 3. The van der Waals surface area contributed by atoms with Crippen molar-refractivity contribution in [3.63, 3.8) is 0 Å².